The molecule has 0 aliphatic rings. The van der Waals surface area contributed by atoms with Gasteiger partial charge in [0.25, 0.3) is 0 Å². The molecule has 4 nitrogen and oxygen atoms in total. The number of hydrogen-bond donors (Lipinski definition) is 0. The topological polar surface area (TPSA) is 35.6 Å². The van der Waals surface area contributed by atoms with E-state index in [1.807, 2.05) is 0 Å². The van der Waals surface area contributed by atoms with Crippen LogP contribution in [0.1, 0.15) is 128 Å². The Morgan fingerprint density at radius 1 is 0.284 bits per heavy atom. The number of pyridine rings is 2. The van der Waals surface area contributed by atoms with E-state index in [-0.39, 0.29) is 21.7 Å². The smallest absolute Gasteiger partial charge is 0.137 e. The first-order valence-corrected chi connectivity index (χ1v) is 24.0. The summed E-state index contributed by atoms with van der Waals surface area (Å²) in [5, 5.41) is 4.82. The van der Waals surface area contributed by atoms with Crippen LogP contribution >= 0.6 is 0 Å². The van der Waals surface area contributed by atoms with Gasteiger partial charge in [-0.3, -0.25) is 9.13 Å². The van der Waals surface area contributed by atoms with Crippen molar-refractivity contribution in [3.8, 4) is 11.6 Å². The molecule has 0 amide bonds. The van der Waals surface area contributed by atoms with Gasteiger partial charge < -0.3 is 0 Å². The van der Waals surface area contributed by atoms with Crippen LogP contribution in [-0.2, 0) is 27.1 Å². The summed E-state index contributed by atoms with van der Waals surface area (Å²) in [6.45, 7) is 28.0. The number of benzene rings is 6. The highest BCUT2D eigenvalue weighted by Gasteiger charge is 2.44. The highest BCUT2D eigenvalue weighted by atomic mass is 15.1. The third-order valence-corrected chi connectivity index (χ3v) is 14.1. The molecular weight excluding hydrogens is 813 g/mol. The zero-order chi connectivity index (χ0) is 47.3. The van der Waals surface area contributed by atoms with Gasteiger partial charge in [0.2, 0.25) is 0 Å². The van der Waals surface area contributed by atoms with Gasteiger partial charge in [-0.05, 0) is 104 Å². The van der Waals surface area contributed by atoms with E-state index in [9.17, 15) is 0 Å². The average Bonchev–Trinajstić information content (AvgIpc) is 3.81. The van der Waals surface area contributed by atoms with Gasteiger partial charge in [-0.15, -0.1) is 0 Å². The van der Waals surface area contributed by atoms with Crippen molar-refractivity contribution in [2.24, 2.45) is 0 Å². The lowest BCUT2D eigenvalue weighted by Gasteiger charge is -2.39. The van der Waals surface area contributed by atoms with Gasteiger partial charge in [0.1, 0.15) is 17.1 Å². The number of para-hydroxylation sites is 4. The summed E-state index contributed by atoms with van der Waals surface area (Å²) >= 11 is 0. The van der Waals surface area contributed by atoms with Gasteiger partial charge in [0.05, 0.1) is 33.5 Å². The van der Waals surface area contributed by atoms with E-state index >= 15 is 0 Å². The van der Waals surface area contributed by atoms with Crippen LogP contribution in [0.5, 0.6) is 0 Å². The fourth-order valence-corrected chi connectivity index (χ4v) is 10.2. The second kappa shape index (κ2) is 15.7. The molecule has 4 heteroatoms. The van der Waals surface area contributed by atoms with Crippen LogP contribution < -0.4 is 0 Å². The maximum Gasteiger partial charge on any atom is 0.137 e. The zero-order valence-corrected chi connectivity index (χ0v) is 41.5. The minimum Gasteiger partial charge on any atom is -0.294 e. The van der Waals surface area contributed by atoms with Crippen molar-refractivity contribution in [2.45, 2.75) is 110 Å². The highest BCUT2D eigenvalue weighted by Crippen LogP contribution is 2.49. The van der Waals surface area contributed by atoms with E-state index in [4.69, 9.17) is 9.97 Å². The van der Waals surface area contributed by atoms with Crippen LogP contribution in [0.15, 0.2) is 170 Å². The van der Waals surface area contributed by atoms with E-state index < -0.39 is 5.41 Å². The number of hydrogen-bond acceptors (Lipinski definition) is 2. The van der Waals surface area contributed by atoms with Crippen LogP contribution in [0.25, 0.3) is 55.2 Å². The summed E-state index contributed by atoms with van der Waals surface area (Å²) in [7, 11) is 0. The Labute approximate surface area is 397 Å². The Bertz CT molecular complexity index is 3110. The Morgan fingerprint density at radius 3 is 0.806 bits per heavy atom. The first kappa shape index (κ1) is 44.1. The molecule has 0 saturated heterocycles. The largest absolute Gasteiger partial charge is 0.294 e. The molecule has 67 heavy (non-hydrogen) atoms. The van der Waals surface area contributed by atoms with Gasteiger partial charge in [0, 0.05) is 21.5 Å². The highest BCUT2D eigenvalue weighted by molar-refractivity contribution is 6.10. The summed E-state index contributed by atoms with van der Waals surface area (Å²) < 4.78 is 4.69. The standard InChI is InChI=1S/C63H64N4/c1-59(2,3)41-35-42(60(4,5)6)38-45(37-41)63(46-39-43(61(7,8)9)36-44(40-46)62(10,11)12,55-31-21-33-57(64-55)66-51-27-17-13-23-47(51)48-24-14-18-28-52(48)66)56-32-22-34-58(65-56)67-53-29-19-15-25-49(53)50-26-16-20-30-54(50)67/h13-40H,1-12H3. The number of nitrogens with zero attached hydrogens (tertiary/aromatic N) is 4. The molecule has 0 atom stereocenters. The Balaban J connectivity index is 1.41. The lowest BCUT2D eigenvalue weighted by molar-refractivity contribution is 0.556. The first-order chi connectivity index (χ1) is 31.7. The molecule has 6 aromatic carbocycles. The Morgan fingerprint density at radius 2 is 0.537 bits per heavy atom. The van der Waals surface area contributed by atoms with Crippen LogP contribution in [0.4, 0.5) is 0 Å². The monoisotopic (exact) mass is 877 g/mol. The quantitative estimate of drug-likeness (QED) is 0.167. The summed E-state index contributed by atoms with van der Waals surface area (Å²) in [6, 6.07) is 62.9. The van der Waals surface area contributed by atoms with Crippen molar-refractivity contribution in [3.63, 3.8) is 0 Å². The predicted molar refractivity (Wildman–Crippen MR) is 284 cm³/mol. The van der Waals surface area contributed by atoms with E-state index in [1.54, 1.807) is 0 Å². The fourth-order valence-electron chi connectivity index (χ4n) is 10.2. The molecule has 4 aromatic heterocycles. The molecule has 0 N–H and O–H groups in total. The fraction of sp³-hybridized carbons (Fsp3) is 0.270. The molecule has 0 bridgehead atoms. The molecule has 0 aliphatic heterocycles. The zero-order valence-electron chi connectivity index (χ0n) is 41.5. The molecular formula is C63H64N4. The molecule has 0 spiro atoms. The lowest BCUT2D eigenvalue weighted by Crippen LogP contribution is -2.36. The summed E-state index contributed by atoms with van der Waals surface area (Å²) in [5.41, 5.74) is 12.1. The first-order valence-electron chi connectivity index (χ1n) is 24.0. The van der Waals surface area contributed by atoms with E-state index in [1.165, 1.54) is 43.8 Å². The van der Waals surface area contributed by atoms with Crippen molar-refractivity contribution in [1.29, 1.82) is 0 Å². The normalized spacial score (nSPS) is 13.1. The van der Waals surface area contributed by atoms with Crippen molar-refractivity contribution >= 4 is 43.6 Å². The summed E-state index contributed by atoms with van der Waals surface area (Å²) in [6.07, 6.45) is 0. The predicted octanol–water partition coefficient (Wildman–Crippen LogP) is 16.2. The van der Waals surface area contributed by atoms with Crippen LogP contribution in [0.2, 0.25) is 0 Å². The molecule has 0 aliphatic carbocycles. The lowest BCUT2D eigenvalue weighted by atomic mass is 9.65. The summed E-state index contributed by atoms with van der Waals surface area (Å²) in [5.74, 6) is 1.73. The third kappa shape index (κ3) is 7.46. The number of rotatable bonds is 6. The van der Waals surface area contributed by atoms with Crippen LogP contribution in [0, 0.1) is 0 Å². The van der Waals surface area contributed by atoms with Crippen molar-refractivity contribution in [1.82, 2.24) is 19.1 Å². The van der Waals surface area contributed by atoms with Gasteiger partial charge in [-0.2, -0.15) is 0 Å². The molecule has 10 rings (SSSR count). The number of fused-ring (bicyclic) bond motifs is 6. The third-order valence-electron chi connectivity index (χ3n) is 14.1. The Kier molecular flexibility index (Phi) is 10.3. The minimum absolute atomic E-state index is 0.151. The van der Waals surface area contributed by atoms with Crippen LogP contribution in [0.3, 0.4) is 0 Å². The van der Waals surface area contributed by atoms with Crippen molar-refractivity contribution in [3.05, 3.63) is 215 Å². The number of aromatic nitrogens is 4. The van der Waals surface area contributed by atoms with E-state index in [0.29, 0.717) is 0 Å². The van der Waals surface area contributed by atoms with Crippen LogP contribution in [-0.4, -0.2) is 19.1 Å². The van der Waals surface area contributed by atoms with Gasteiger partial charge in [-0.1, -0.05) is 204 Å². The van der Waals surface area contributed by atoms with E-state index in [2.05, 4.69) is 262 Å². The summed E-state index contributed by atoms with van der Waals surface area (Å²) in [4.78, 5) is 12.0. The molecule has 10 aromatic rings. The molecule has 0 fully saturated rings. The average molecular weight is 877 g/mol. The molecule has 0 radical (unpaired) electrons. The molecule has 0 unspecified atom stereocenters. The van der Waals surface area contributed by atoms with Gasteiger partial charge in [-0.25, -0.2) is 9.97 Å². The molecule has 0 saturated carbocycles. The Hall–Kier alpha value is -6.78. The SMILES string of the molecule is CC(C)(C)c1cc(C(C)(C)C)cc(C(c2cc(C(C)(C)C)cc(C(C)(C)C)c2)(c2cccc(-n3c4ccccc4c4ccccc43)n2)c2cccc(-n3c4ccccc4c4ccccc43)n2)c1. The second-order valence-electron chi connectivity index (χ2n) is 22.8. The minimum atomic E-state index is -1.01. The van der Waals surface area contributed by atoms with Gasteiger partial charge >= 0.3 is 0 Å². The molecule has 336 valence electrons. The second-order valence-corrected chi connectivity index (χ2v) is 22.8. The van der Waals surface area contributed by atoms with Gasteiger partial charge in [0.15, 0.2) is 0 Å². The maximum absolute atomic E-state index is 5.99. The molecule has 4 heterocycles. The van der Waals surface area contributed by atoms with Crippen molar-refractivity contribution < 1.29 is 0 Å². The van der Waals surface area contributed by atoms with Crippen molar-refractivity contribution in [2.75, 3.05) is 0 Å². The maximum atomic E-state index is 5.99. The van der Waals surface area contributed by atoms with E-state index in [0.717, 1.165) is 56.2 Å².